The molecule has 2 atom stereocenters. The maximum atomic E-state index is 13.9. The van der Waals surface area contributed by atoms with Crippen molar-refractivity contribution < 1.29 is 18.8 Å². The number of carbonyl (C=O) groups excluding carboxylic acids is 3. The van der Waals surface area contributed by atoms with Gasteiger partial charge in [-0.3, -0.25) is 14.4 Å². The molecule has 12 nitrogen and oxygen atoms in total. The van der Waals surface area contributed by atoms with Gasteiger partial charge in [0.1, 0.15) is 17.7 Å². The van der Waals surface area contributed by atoms with Crippen LogP contribution >= 0.6 is 0 Å². The van der Waals surface area contributed by atoms with Gasteiger partial charge >= 0.3 is 0 Å². The standard InChI is InChI=1S/C32H42N8O4/c1-6-28-34-20(4)29(44-28)32(43)39-13-9-12-27(41)36-26(17-22-18-33-24-11-8-7-10-23(22)24)31(42)37-25(16-19(2)3)30-35-21(5)38-40(30)15-14-39/h7-8,10-11,18-19,25-26,33H,6,9,12-17H2,1-5H3,(H,36,41)(H,37,42)/t25-,26+/m0/s1. The average molecular weight is 603 g/mol. The third kappa shape index (κ3) is 7.00. The predicted octanol–water partition coefficient (Wildman–Crippen LogP) is 3.79. The largest absolute Gasteiger partial charge is 0.435 e. The molecule has 0 aliphatic carbocycles. The van der Waals surface area contributed by atoms with Gasteiger partial charge in [0.25, 0.3) is 5.91 Å². The van der Waals surface area contributed by atoms with Gasteiger partial charge in [-0.1, -0.05) is 39.0 Å². The minimum absolute atomic E-state index is 0.153. The molecule has 0 saturated heterocycles. The lowest BCUT2D eigenvalue weighted by atomic mass is 10.0. The van der Waals surface area contributed by atoms with Crippen LogP contribution in [0.25, 0.3) is 10.9 Å². The number of oxazole rings is 1. The number of nitrogens with one attached hydrogen (secondary N) is 3. The van der Waals surface area contributed by atoms with Crippen LogP contribution < -0.4 is 10.6 Å². The van der Waals surface area contributed by atoms with Crippen LogP contribution in [-0.2, 0) is 29.0 Å². The SMILES string of the molecule is CCc1nc(C)c(C(=O)N2CCCC(=O)N[C@H](Cc3c[nH]c4ccccc34)C(=O)N[C@@H](CC(C)C)c3nc(C)nn3CC2)o1. The van der Waals surface area contributed by atoms with Crippen molar-refractivity contribution in [3.05, 3.63) is 65.0 Å². The van der Waals surface area contributed by atoms with Crippen molar-refractivity contribution in [2.45, 2.75) is 85.4 Å². The Morgan fingerprint density at radius 2 is 1.86 bits per heavy atom. The van der Waals surface area contributed by atoms with Gasteiger partial charge in [-0.05, 0) is 44.2 Å². The van der Waals surface area contributed by atoms with E-state index in [2.05, 4.69) is 39.5 Å². The van der Waals surface area contributed by atoms with Gasteiger partial charge in [-0.2, -0.15) is 5.10 Å². The number of fused-ring (bicyclic) bond motifs is 2. The summed E-state index contributed by atoms with van der Waals surface area (Å²) in [7, 11) is 0. The van der Waals surface area contributed by atoms with E-state index >= 15 is 0 Å². The van der Waals surface area contributed by atoms with Crippen LogP contribution in [0.4, 0.5) is 0 Å². The molecule has 3 amide bonds. The van der Waals surface area contributed by atoms with Crippen LogP contribution in [0.5, 0.6) is 0 Å². The highest BCUT2D eigenvalue weighted by molar-refractivity contribution is 5.92. The second kappa shape index (κ2) is 13.4. The van der Waals surface area contributed by atoms with Crippen molar-refractivity contribution in [3.8, 4) is 0 Å². The van der Waals surface area contributed by atoms with E-state index in [9.17, 15) is 14.4 Å². The van der Waals surface area contributed by atoms with Gasteiger partial charge in [-0.15, -0.1) is 0 Å². The summed E-state index contributed by atoms with van der Waals surface area (Å²) in [6, 6.07) is 6.64. The Labute approximate surface area is 257 Å². The molecule has 4 heterocycles. The summed E-state index contributed by atoms with van der Waals surface area (Å²) in [6.07, 6.45) is 3.97. The summed E-state index contributed by atoms with van der Waals surface area (Å²) >= 11 is 0. The number of aryl methyl sites for hydroxylation is 3. The minimum atomic E-state index is -0.807. The third-order valence-electron chi connectivity index (χ3n) is 7.93. The number of aromatic nitrogens is 5. The summed E-state index contributed by atoms with van der Waals surface area (Å²) < 4.78 is 7.57. The molecule has 44 heavy (non-hydrogen) atoms. The first-order valence-electron chi connectivity index (χ1n) is 15.4. The zero-order chi connectivity index (χ0) is 31.4. The number of carbonyl (C=O) groups is 3. The lowest BCUT2D eigenvalue weighted by molar-refractivity contribution is -0.129. The molecule has 0 unspecified atom stereocenters. The smallest absolute Gasteiger partial charge is 0.291 e. The molecule has 0 bridgehead atoms. The second-order valence-electron chi connectivity index (χ2n) is 11.9. The first-order chi connectivity index (χ1) is 21.1. The zero-order valence-electron chi connectivity index (χ0n) is 26.1. The van der Waals surface area contributed by atoms with Gasteiger partial charge < -0.3 is 24.9 Å². The lowest BCUT2D eigenvalue weighted by Gasteiger charge is -2.27. The molecule has 0 fully saturated rings. The molecule has 0 saturated carbocycles. The van der Waals surface area contributed by atoms with Crippen LogP contribution in [0.15, 0.2) is 34.9 Å². The van der Waals surface area contributed by atoms with Crippen LogP contribution in [0.1, 0.15) is 85.4 Å². The summed E-state index contributed by atoms with van der Waals surface area (Å²) in [5.41, 5.74) is 2.45. The van der Waals surface area contributed by atoms with Crippen molar-refractivity contribution in [1.29, 1.82) is 0 Å². The average Bonchev–Trinajstić information content (AvgIpc) is 3.69. The Kier molecular flexibility index (Phi) is 9.46. The molecule has 0 spiro atoms. The van der Waals surface area contributed by atoms with Gasteiger partial charge in [-0.25, -0.2) is 14.6 Å². The monoisotopic (exact) mass is 602 g/mol. The highest BCUT2D eigenvalue weighted by Gasteiger charge is 2.30. The van der Waals surface area contributed by atoms with Crippen LogP contribution in [-0.4, -0.2) is 66.5 Å². The summed E-state index contributed by atoms with van der Waals surface area (Å²) in [4.78, 5) is 54.8. The predicted molar refractivity (Wildman–Crippen MR) is 165 cm³/mol. The Morgan fingerprint density at radius 1 is 1.07 bits per heavy atom. The molecular formula is C32H42N8O4. The molecule has 1 aliphatic heterocycles. The number of hydrogen-bond acceptors (Lipinski definition) is 7. The van der Waals surface area contributed by atoms with Gasteiger partial charge in [0.2, 0.25) is 17.6 Å². The highest BCUT2D eigenvalue weighted by atomic mass is 16.4. The molecule has 4 aromatic rings. The van der Waals surface area contributed by atoms with Crippen molar-refractivity contribution in [3.63, 3.8) is 0 Å². The molecule has 1 aliphatic rings. The van der Waals surface area contributed by atoms with Crippen molar-refractivity contribution >= 4 is 28.6 Å². The summed E-state index contributed by atoms with van der Waals surface area (Å²) in [5.74, 6) is 1.36. The van der Waals surface area contributed by atoms with Crippen molar-refractivity contribution in [2.24, 2.45) is 5.92 Å². The first kappa shape index (κ1) is 31.0. The van der Waals surface area contributed by atoms with Gasteiger partial charge in [0.05, 0.1) is 18.3 Å². The molecule has 0 radical (unpaired) electrons. The molecule has 1 aromatic carbocycles. The fourth-order valence-electron chi connectivity index (χ4n) is 5.77. The second-order valence-corrected chi connectivity index (χ2v) is 11.9. The van der Waals surface area contributed by atoms with Crippen LogP contribution in [0.2, 0.25) is 0 Å². The molecule has 3 aromatic heterocycles. The number of benzene rings is 1. The van der Waals surface area contributed by atoms with E-state index in [1.54, 1.807) is 16.5 Å². The van der Waals surface area contributed by atoms with E-state index in [-0.39, 0.29) is 35.8 Å². The number of nitrogens with zero attached hydrogens (tertiary/aromatic N) is 5. The number of hydrogen-bond donors (Lipinski definition) is 3. The fourth-order valence-corrected chi connectivity index (χ4v) is 5.77. The summed E-state index contributed by atoms with van der Waals surface area (Å²) in [5, 5.41) is 11.8. The molecular weight excluding hydrogens is 560 g/mol. The summed E-state index contributed by atoms with van der Waals surface area (Å²) in [6.45, 7) is 10.7. The van der Waals surface area contributed by atoms with Gasteiger partial charge in [0, 0.05) is 49.5 Å². The van der Waals surface area contributed by atoms with E-state index < -0.39 is 12.1 Å². The van der Waals surface area contributed by atoms with E-state index in [4.69, 9.17) is 9.40 Å². The van der Waals surface area contributed by atoms with E-state index in [0.717, 1.165) is 16.5 Å². The minimum Gasteiger partial charge on any atom is -0.435 e. The van der Waals surface area contributed by atoms with E-state index in [1.807, 2.05) is 44.3 Å². The molecule has 5 rings (SSSR count). The molecule has 12 heteroatoms. The zero-order valence-corrected chi connectivity index (χ0v) is 26.1. The van der Waals surface area contributed by atoms with Crippen molar-refractivity contribution in [2.75, 3.05) is 13.1 Å². The maximum absolute atomic E-state index is 13.9. The third-order valence-corrected chi connectivity index (χ3v) is 7.93. The van der Waals surface area contributed by atoms with Crippen LogP contribution in [0.3, 0.4) is 0 Å². The lowest BCUT2D eigenvalue weighted by Crippen LogP contribution is -2.49. The van der Waals surface area contributed by atoms with Crippen LogP contribution in [0, 0.1) is 19.8 Å². The number of aromatic amines is 1. The Balaban J connectivity index is 1.47. The number of H-pyrrole nitrogens is 1. The van der Waals surface area contributed by atoms with Crippen molar-refractivity contribution in [1.82, 2.24) is 40.3 Å². The van der Waals surface area contributed by atoms with E-state index in [1.165, 1.54) is 0 Å². The highest BCUT2D eigenvalue weighted by Crippen LogP contribution is 2.23. The molecule has 3 N–H and O–H groups in total. The Hall–Kier alpha value is -4.48. The number of amides is 3. The quantitative estimate of drug-likeness (QED) is 0.304. The normalized spacial score (nSPS) is 18.6. The fraction of sp³-hybridized carbons (Fsp3) is 0.500. The van der Waals surface area contributed by atoms with E-state index in [0.29, 0.717) is 68.6 Å². The van der Waals surface area contributed by atoms with Gasteiger partial charge in [0.15, 0.2) is 5.89 Å². The first-order valence-corrected chi connectivity index (χ1v) is 15.4. The number of para-hydroxylation sites is 1. The Morgan fingerprint density at radius 3 is 2.61 bits per heavy atom. The topological polar surface area (TPSA) is 151 Å². The number of rotatable bonds is 6. The molecule has 234 valence electrons. The maximum Gasteiger partial charge on any atom is 0.291 e. The Bertz CT molecular complexity index is 1630.